The monoisotopic (exact) mass is 344 g/mol. The number of carbonyl (C=O) groups is 2. The highest BCUT2D eigenvalue weighted by Crippen LogP contribution is 2.08. The van der Waals surface area contributed by atoms with Gasteiger partial charge in [-0.1, -0.05) is 0 Å². The Bertz CT molecular complexity index is 349. The van der Waals surface area contributed by atoms with E-state index in [2.05, 4.69) is 10.6 Å². The number of nitrogens with one attached hydrogen (secondary N) is 2. The van der Waals surface area contributed by atoms with Gasteiger partial charge in [0.1, 0.15) is 12.2 Å². The van der Waals surface area contributed by atoms with E-state index in [0.29, 0.717) is 65.2 Å². The molecule has 2 N–H and O–H groups in total. The van der Waals surface area contributed by atoms with Crippen molar-refractivity contribution >= 4 is 11.8 Å². The van der Waals surface area contributed by atoms with Gasteiger partial charge in [0.15, 0.2) is 0 Å². The summed E-state index contributed by atoms with van der Waals surface area (Å²) in [5, 5.41) is 5.59. The van der Waals surface area contributed by atoms with E-state index in [4.69, 9.17) is 18.9 Å². The molecule has 2 fully saturated rings. The lowest BCUT2D eigenvalue weighted by atomic mass is 10.2. The van der Waals surface area contributed by atoms with Crippen LogP contribution in [0, 0.1) is 0 Å². The fraction of sp³-hybridized carbons (Fsp3) is 0.875. The molecule has 2 rings (SSSR count). The summed E-state index contributed by atoms with van der Waals surface area (Å²) in [5.41, 5.74) is 0. The molecule has 2 amide bonds. The molecular formula is C16H28N2O6. The average Bonchev–Trinajstić information content (AvgIpc) is 3.45. The van der Waals surface area contributed by atoms with E-state index in [9.17, 15) is 9.59 Å². The number of hydrogen-bond acceptors (Lipinski definition) is 6. The molecule has 0 aromatic heterocycles. The second-order valence-corrected chi connectivity index (χ2v) is 5.97. The highest BCUT2D eigenvalue weighted by Gasteiger charge is 2.22. The van der Waals surface area contributed by atoms with Crippen LogP contribution in [0.15, 0.2) is 0 Å². The first-order chi connectivity index (χ1) is 11.7. The number of hydrogen-bond donors (Lipinski definition) is 2. The van der Waals surface area contributed by atoms with Gasteiger partial charge in [-0.3, -0.25) is 9.59 Å². The molecular weight excluding hydrogens is 316 g/mol. The van der Waals surface area contributed by atoms with Crippen LogP contribution in [0.25, 0.3) is 0 Å². The zero-order valence-corrected chi connectivity index (χ0v) is 14.1. The molecule has 0 aromatic rings. The Kier molecular flexibility index (Phi) is 9.04. The molecule has 0 bridgehead atoms. The maximum absolute atomic E-state index is 11.6. The summed E-state index contributed by atoms with van der Waals surface area (Å²) in [7, 11) is 0. The minimum Gasteiger partial charge on any atom is -0.377 e. The number of ether oxygens (including phenoxy) is 4. The van der Waals surface area contributed by atoms with Gasteiger partial charge in [-0.25, -0.2) is 0 Å². The SMILES string of the molecule is O=C(CCCCC(=O)NCCOCC1CO1)NCCOCC1CO1. The summed E-state index contributed by atoms with van der Waals surface area (Å²) in [5.74, 6) is -0.00486. The summed E-state index contributed by atoms with van der Waals surface area (Å²) < 4.78 is 20.7. The topological polar surface area (TPSA) is 102 Å². The Morgan fingerprint density at radius 1 is 0.833 bits per heavy atom. The highest BCUT2D eigenvalue weighted by molar-refractivity contribution is 5.77. The Morgan fingerprint density at radius 3 is 1.62 bits per heavy atom. The van der Waals surface area contributed by atoms with Crippen molar-refractivity contribution in [3.05, 3.63) is 0 Å². The number of unbranched alkanes of at least 4 members (excludes halogenated alkanes) is 1. The van der Waals surface area contributed by atoms with Gasteiger partial charge in [0.25, 0.3) is 0 Å². The van der Waals surface area contributed by atoms with Crippen molar-refractivity contribution in [1.82, 2.24) is 10.6 Å². The first-order valence-corrected chi connectivity index (χ1v) is 8.66. The summed E-state index contributed by atoms with van der Waals surface area (Å²) in [6, 6.07) is 0. The van der Waals surface area contributed by atoms with E-state index in [-0.39, 0.29) is 24.0 Å². The van der Waals surface area contributed by atoms with E-state index in [1.807, 2.05) is 0 Å². The summed E-state index contributed by atoms with van der Waals surface area (Å²) in [6.07, 6.45) is 2.78. The molecule has 24 heavy (non-hydrogen) atoms. The van der Waals surface area contributed by atoms with Crippen LogP contribution < -0.4 is 10.6 Å². The third-order valence-corrected chi connectivity index (χ3v) is 3.61. The van der Waals surface area contributed by atoms with Gasteiger partial charge in [-0.05, 0) is 12.8 Å². The second-order valence-electron chi connectivity index (χ2n) is 5.97. The lowest BCUT2D eigenvalue weighted by Gasteiger charge is -2.07. The van der Waals surface area contributed by atoms with Gasteiger partial charge in [0, 0.05) is 25.9 Å². The smallest absolute Gasteiger partial charge is 0.220 e. The van der Waals surface area contributed by atoms with Crippen LogP contribution in [-0.4, -0.2) is 76.8 Å². The average molecular weight is 344 g/mol. The Labute approximate surface area is 142 Å². The molecule has 0 aliphatic carbocycles. The van der Waals surface area contributed by atoms with Gasteiger partial charge in [-0.15, -0.1) is 0 Å². The van der Waals surface area contributed by atoms with E-state index in [1.165, 1.54) is 0 Å². The van der Waals surface area contributed by atoms with E-state index >= 15 is 0 Å². The number of carbonyl (C=O) groups excluding carboxylic acids is 2. The van der Waals surface area contributed by atoms with Crippen LogP contribution in [0.5, 0.6) is 0 Å². The van der Waals surface area contributed by atoms with Crippen LogP contribution in [-0.2, 0) is 28.5 Å². The highest BCUT2D eigenvalue weighted by atomic mass is 16.6. The van der Waals surface area contributed by atoms with Gasteiger partial charge < -0.3 is 29.6 Å². The molecule has 0 aromatic carbocycles. The maximum atomic E-state index is 11.6. The normalized spacial score (nSPS) is 21.3. The minimum atomic E-state index is -0.00243. The summed E-state index contributed by atoms with van der Waals surface area (Å²) in [6.45, 7) is 4.79. The molecule has 2 atom stereocenters. The van der Waals surface area contributed by atoms with Crippen LogP contribution in [0.1, 0.15) is 25.7 Å². The van der Waals surface area contributed by atoms with Crippen molar-refractivity contribution in [2.75, 3.05) is 52.7 Å². The molecule has 0 radical (unpaired) electrons. The van der Waals surface area contributed by atoms with Crippen molar-refractivity contribution < 1.29 is 28.5 Å². The molecule has 0 spiro atoms. The Morgan fingerprint density at radius 2 is 1.25 bits per heavy atom. The van der Waals surface area contributed by atoms with Crippen LogP contribution in [0.4, 0.5) is 0 Å². The molecule has 8 nitrogen and oxygen atoms in total. The first-order valence-electron chi connectivity index (χ1n) is 8.66. The predicted molar refractivity (Wildman–Crippen MR) is 85.6 cm³/mol. The number of epoxide rings is 2. The van der Waals surface area contributed by atoms with Crippen molar-refractivity contribution in [3.63, 3.8) is 0 Å². The van der Waals surface area contributed by atoms with Gasteiger partial charge in [-0.2, -0.15) is 0 Å². The van der Waals surface area contributed by atoms with Crippen molar-refractivity contribution in [2.24, 2.45) is 0 Å². The zero-order valence-electron chi connectivity index (χ0n) is 14.1. The first kappa shape index (κ1) is 19.1. The van der Waals surface area contributed by atoms with Crippen LogP contribution in [0.2, 0.25) is 0 Å². The van der Waals surface area contributed by atoms with Gasteiger partial charge in [0.2, 0.25) is 11.8 Å². The third kappa shape index (κ3) is 10.5. The fourth-order valence-electron chi connectivity index (χ4n) is 2.03. The fourth-order valence-corrected chi connectivity index (χ4v) is 2.03. The van der Waals surface area contributed by atoms with Crippen molar-refractivity contribution in [1.29, 1.82) is 0 Å². The van der Waals surface area contributed by atoms with E-state index in [0.717, 1.165) is 13.2 Å². The minimum absolute atomic E-state index is 0.00243. The molecule has 0 saturated carbocycles. The quantitative estimate of drug-likeness (QED) is 0.310. The van der Waals surface area contributed by atoms with Crippen LogP contribution in [0.3, 0.4) is 0 Å². The summed E-state index contributed by atoms with van der Waals surface area (Å²) >= 11 is 0. The largest absolute Gasteiger partial charge is 0.377 e. The zero-order chi connectivity index (χ0) is 17.0. The predicted octanol–water partition coefficient (Wildman–Crippen LogP) is -0.390. The standard InChI is InChI=1S/C16H28N2O6/c19-15(17-5-7-21-9-13-11-23-13)3-1-2-4-16(20)18-6-8-22-10-14-12-24-14/h13-14H,1-12H2,(H,17,19)(H,18,20). The molecule has 8 heteroatoms. The van der Waals surface area contributed by atoms with Gasteiger partial charge in [0.05, 0.1) is 39.6 Å². The Balaban J connectivity index is 1.30. The van der Waals surface area contributed by atoms with Crippen molar-refractivity contribution in [3.8, 4) is 0 Å². The van der Waals surface area contributed by atoms with Crippen LogP contribution >= 0.6 is 0 Å². The molecule has 2 saturated heterocycles. The third-order valence-electron chi connectivity index (χ3n) is 3.61. The Hall–Kier alpha value is -1.22. The second kappa shape index (κ2) is 11.4. The molecule has 2 unspecified atom stereocenters. The maximum Gasteiger partial charge on any atom is 0.220 e. The molecule has 2 aliphatic rings. The molecule has 2 heterocycles. The molecule has 138 valence electrons. The number of amides is 2. The lowest BCUT2D eigenvalue weighted by Crippen LogP contribution is -2.28. The molecule has 2 aliphatic heterocycles. The van der Waals surface area contributed by atoms with E-state index in [1.54, 1.807) is 0 Å². The van der Waals surface area contributed by atoms with Crippen molar-refractivity contribution in [2.45, 2.75) is 37.9 Å². The lowest BCUT2D eigenvalue weighted by molar-refractivity contribution is -0.123. The van der Waals surface area contributed by atoms with Gasteiger partial charge >= 0.3 is 0 Å². The summed E-state index contributed by atoms with van der Waals surface area (Å²) in [4.78, 5) is 23.2. The number of rotatable bonds is 15. The van der Waals surface area contributed by atoms with E-state index < -0.39 is 0 Å².